The van der Waals surface area contributed by atoms with Crippen molar-refractivity contribution in [1.29, 1.82) is 0 Å². The predicted octanol–water partition coefficient (Wildman–Crippen LogP) is 5.00. The topological polar surface area (TPSA) is 63.6 Å². The number of rotatable bonds is 4. The largest absolute Gasteiger partial charge is 0.481 e. The Balaban J connectivity index is 3.50. The summed E-state index contributed by atoms with van der Waals surface area (Å²) in [6.07, 6.45) is -14.9. The SMILES string of the molecule is O=C(O)CC(OC(=O)c1cc(I)cc(I)c1I)(C(F)(F)F)C(F)(F)F. The number of esters is 1. The third-order valence-electron chi connectivity index (χ3n) is 2.80. The molecule has 0 atom stereocenters. The number of hydrogen-bond donors (Lipinski definition) is 1. The van der Waals surface area contributed by atoms with Crippen LogP contribution in [-0.4, -0.2) is 35.0 Å². The molecule has 0 spiro atoms. The van der Waals surface area contributed by atoms with Gasteiger partial charge in [0, 0.05) is 10.7 Å². The minimum absolute atomic E-state index is 0.0807. The molecular weight excluding hydrogens is 703 g/mol. The number of carboxylic acids is 1. The van der Waals surface area contributed by atoms with E-state index in [-0.39, 0.29) is 3.57 Å². The van der Waals surface area contributed by atoms with Gasteiger partial charge < -0.3 is 9.84 Å². The van der Waals surface area contributed by atoms with E-state index in [1.165, 1.54) is 6.07 Å². The van der Waals surface area contributed by atoms with Crippen LogP contribution in [0.1, 0.15) is 16.8 Å². The summed E-state index contributed by atoms with van der Waals surface area (Å²) in [4.78, 5) is 22.6. The summed E-state index contributed by atoms with van der Waals surface area (Å²) in [6, 6.07) is 2.59. The lowest BCUT2D eigenvalue weighted by Gasteiger charge is -2.35. The second kappa shape index (κ2) is 7.89. The number of alkyl halides is 6. The van der Waals surface area contributed by atoms with Crippen molar-refractivity contribution in [1.82, 2.24) is 0 Å². The molecule has 0 fully saturated rings. The molecule has 0 aliphatic carbocycles. The van der Waals surface area contributed by atoms with Gasteiger partial charge in [-0.3, -0.25) is 4.79 Å². The van der Waals surface area contributed by atoms with Crippen LogP contribution in [0, 0.1) is 10.7 Å². The third-order valence-corrected chi connectivity index (χ3v) is 6.46. The molecule has 0 aliphatic heterocycles. The van der Waals surface area contributed by atoms with Gasteiger partial charge in [0.25, 0.3) is 0 Å². The maximum Gasteiger partial charge on any atom is 0.438 e. The van der Waals surface area contributed by atoms with Gasteiger partial charge in [-0.2, -0.15) is 26.3 Å². The fourth-order valence-corrected chi connectivity index (χ4v) is 4.02. The van der Waals surface area contributed by atoms with Crippen LogP contribution in [0.25, 0.3) is 0 Å². The molecule has 4 nitrogen and oxygen atoms in total. The van der Waals surface area contributed by atoms with Gasteiger partial charge in [0.2, 0.25) is 0 Å². The number of carbonyl (C=O) groups is 2. The van der Waals surface area contributed by atoms with E-state index in [1.807, 2.05) is 0 Å². The van der Waals surface area contributed by atoms with Crippen LogP contribution in [0.3, 0.4) is 0 Å². The van der Waals surface area contributed by atoms with E-state index in [9.17, 15) is 35.9 Å². The highest BCUT2D eigenvalue weighted by Gasteiger charge is 2.75. The van der Waals surface area contributed by atoms with Crippen molar-refractivity contribution in [2.75, 3.05) is 0 Å². The van der Waals surface area contributed by atoms with Crippen LogP contribution in [0.15, 0.2) is 12.1 Å². The molecule has 25 heavy (non-hydrogen) atoms. The minimum atomic E-state index is -6.18. The summed E-state index contributed by atoms with van der Waals surface area (Å²) in [5.41, 5.74) is -5.68. The monoisotopic (exact) mass is 708 g/mol. The van der Waals surface area contributed by atoms with E-state index < -0.39 is 41.9 Å². The van der Waals surface area contributed by atoms with Gasteiger partial charge in [-0.1, -0.05) is 0 Å². The Labute approximate surface area is 177 Å². The highest BCUT2D eigenvalue weighted by molar-refractivity contribution is 14.1. The van der Waals surface area contributed by atoms with E-state index in [2.05, 4.69) is 4.74 Å². The van der Waals surface area contributed by atoms with Crippen LogP contribution in [-0.2, 0) is 9.53 Å². The molecule has 0 heterocycles. The van der Waals surface area contributed by atoms with Crippen molar-refractivity contribution < 1.29 is 45.8 Å². The lowest BCUT2D eigenvalue weighted by atomic mass is 9.97. The average molecular weight is 708 g/mol. The quantitative estimate of drug-likeness (QED) is 0.207. The number of benzene rings is 1. The zero-order chi connectivity index (χ0) is 19.8. The maximum atomic E-state index is 13.1. The number of aliphatic carboxylic acids is 1. The molecule has 0 aliphatic rings. The Hall–Kier alpha value is -0.0700. The first-order valence-corrected chi connectivity index (χ1v) is 9.09. The molecule has 1 aromatic carbocycles. The van der Waals surface area contributed by atoms with Crippen molar-refractivity contribution in [3.8, 4) is 0 Å². The van der Waals surface area contributed by atoms with Crippen molar-refractivity contribution in [2.24, 2.45) is 0 Å². The van der Waals surface area contributed by atoms with Gasteiger partial charge in [-0.15, -0.1) is 0 Å². The Kier molecular flexibility index (Phi) is 7.25. The molecule has 0 radical (unpaired) electrons. The number of ether oxygens (including phenoxy) is 1. The molecule has 0 amide bonds. The molecule has 0 saturated carbocycles. The zero-order valence-corrected chi connectivity index (χ0v) is 17.9. The number of hydrogen-bond acceptors (Lipinski definition) is 3. The van der Waals surface area contributed by atoms with E-state index in [0.29, 0.717) is 7.14 Å². The highest BCUT2D eigenvalue weighted by atomic mass is 127. The van der Waals surface area contributed by atoms with Crippen LogP contribution in [0.2, 0.25) is 0 Å². The average Bonchev–Trinajstić information content (AvgIpc) is 2.38. The van der Waals surface area contributed by atoms with E-state index in [4.69, 9.17) is 5.11 Å². The first-order chi connectivity index (χ1) is 11.1. The molecule has 140 valence electrons. The number of carboxylic acid groups (broad SMARTS) is 1. The third kappa shape index (κ3) is 5.01. The van der Waals surface area contributed by atoms with E-state index >= 15 is 0 Å². The standard InChI is InChI=1S/C12H5F6I3O4/c13-11(14,15)10(3-7(22)23,12(16,17)18)25-9(24)5-1-4(19)2-6(20)8(5)21/h1-2H,3H2,(H,22,23). The first-order valence-electron chi connectivity index (χ1n) is 5.85. The first kappa shape index (κ1) is 23.0. The summed E-state index contributed by atoms with van der Waals surface area (Å²) < 4.78 is 83.2. The molecule has 13 heteroatoms. The van der Waals surface area contributed by atoms with Gasteiger partial charge in [-0.05, 0) is 79.9 Å². The molecule has 0 aromatic heterocycles. The number of halogens is 9. The molecule has 1 aromatic rings. The van der Waals surface area contributed by atoms with Gasteiger partial charge >= 0.3 is 29.9 Å². The van der Waals surface area contributed by atoms with Gasteiger partial charge in [0.1, 0.15) is 6.42 Å². The van der Waals surface area contributed by atoms with Crippen molar-refractivity contribution in [2.45, 2.75) is 24.4 Å². The molecule has 1 rings (SSSR count). The second-order valence-corrected chi connectivity index (χ2v) is 8.02. The Bertz CT molecular complexity index is 687. The summed E-state index contributed by atoms with van der Waals surface area (Å²) >= 11 is 5.02. The minimum Gasteiger partial charge on any atom is -0.481 e. The van der Waals surface area contributed by atoms with Crippen molar-refractivity contribution in [3.05, 3.63) is 28.4 Å². The normalized spacial score (nSPS) is 12.8. The van der Waals surface area contributed by atoms with Crippen molar-refractivity contribution in [3.63, 3.8) is 0 Å². The Morgan fingerprint density at radius 2 is 1.48 bits per heavy atom. The van der Waals surface area contributed by atoms with Crippen LogP contribution in [0.5, 0.6) is 0 Å². The summed E-state index contributed by atoms with van der Waals surface area (Å²) in [6.45, 7) is 0. The predicted molar refractivity (Wildman–Crippen MR) is 97.1 cm³/mol. The van der Waals surface area contributed by atoms with Crippen LogP contribution >= 0.6 is 67.8 Å². The molecule has 0 unspecified atom stereocenters. The van der Waals surface area contributed by atoms with Crippen molar-refractivity contribution >= 4 is 79.7 Å². The highest BCUT2D eigenvalue weighted by Crippen LogP contribution is 2.48. The summed E-state index contributed by atoms with van der Waals surface area (Å²) in [7, 11) is 0. The fourth-order valence-electron chi connectivity index (χ4n) is 1.64. The molecule has 1 N–H and O–H groups in total. The number of carbonyl (C=O) groups excluding carboxylic acids is 1. The van der Waals surface area contributed by atoms with E-state index in [0.717, 1.165) is 6.07 Å². The maximum absolute atomic E-state index is 13.1. The molecule has 0 bridgehead atoms. The Morgan fingerprint density at radius 3 is 1.88 bits per heavy atom. The molecular formula is C12H5F6I3O4. The zero-order valence-electron chi connectivity index (χ0n) is 11.4. The smallest absolute Gasteiger partial charge is 0.438 e. The van der Waals surface area contributed by atoms with Gasteiger partial charge in [0.15, 0.2) is 0 Å². The molecule has 0 saturated heterocycles. The second-order valence-electron chi connectivity index (χ2n) is 4.53. The van der Waals surface area contributed by atoms with Crippen LogP contribution in [0.4, 0.5) is 26.3 Å². The fraction of sp³-hybridized carbons (Fsp3) is 0.333. The lowest BCUT2D eigenvalue weighted by Crippen LogP contribution is -2.60. The summed E-state index contributed by atoms with van der Waals surface area (Å²) in [5.74, 6) is -4.34. The Morgan fingerprint density at radius 1 is 1.00 bits per heavy atom. The van der Waals surface area contributed by atoms with Crippen LogP contribution < -0.4 is 0 Å². The van der Waals surface area contributed by atoms with E-state index in [1.54, 1.807) is 67.8 Å². The summed E-state index contributed by atoms with van der Waals surface area (Å²) in [5, 5.41) is 8.51. The van der Waals surface area contributed by atoms with Gasteiger partial charge in [-0.25, -0.2) is 4.79 Å². The van der Waals surface area contributed by atoms with Gasteiger partial charge in [0.05, 0.1) is 5.56 Å². The lowest BCUT2D eigenvalue weighted by molar-refractivity contribution is -0.365.